The molecule has 3 aromatic heterocycles. The largest absolute Gasteiger partial charge is 0.340 e. The lowest BCUT2D eigenvalue weighted by molar-refractivity contribution is 1.16. The van der Waals surface area contributed by atoms with Gasteiger partial charge in [0.15, 0.2) is 5.82 Å². The third-order valence-corrected chi connectivity index (χ3v) is 3.65. The molecular formula is C20H15N5. The molecule has 0 spiro atoms. The summed E-state index contributed by atoms with van der Waals surface area (Å²) in [7, 11) is 0. The monoisotopic (exact) mass is 325 g/mol. The molecule has 0 aliphatic carbocycles. The topological polar surface area (TPSA) is 63.6 Å². The molecule has 5 heteroatoms. The number of nitrogens with one attached hydrogen (secondary N) is 1. The molecule has 0 saturated heterocycles. The molecule has 0 aliphatic rings. The van der Waals surface area contributed by atoms with Gasteiger partial charge in [-0.2, -0.15) is 0 Å². The fourth-order valence-electron chi connectivity index (χ4n) is 2.47. The van der Waals surface area contributed by atoms with Crippen molar-refractivity contribution in [2.45, 2.75) is 0 Å². The number of nitrogens with zero attached hydrogens (tertiary/aromatic N) is 4. The number of pyridine rings is 2. The third-order valence-electron chi connectivity index (χ3n) is 3.65. The van der Waals surface area contributed by atoms with Crippen LogP contribution in [0.5, 0.6) is 0 Å². The second-order valence-corrected chi connectivity index (χ2v) is 5.44. The minimum absolute atomic E-state index is 0.618. The van der Waals surface area contributed by atoms with Crippen LogP contribution in [0.1, 0.15) is 0 Å². The van der Waals surface area contributed by atoms with E-state index < -0.39 is 0 Å². The van der Waals surface area contributed by atoms with Gasteiger partial charge in [-0.3, -0.25) is 9.97 Å². The molecule has 3 heterocycles. The molecule has 0 bridgehead atoms. The number of anilines is 2. The van der Waals surface area contributed by atoms with E-state index in [-0.39, 0.29) is 0 Å². The molecule has 0 fully saturated rings. The zero-order chi connectivity index (χ0) is 16.9. The maximum absolute atomic E-state index is 4.68. The first-order chi connectivity index (χ1) is 12.4. The minimum atomic E-state index is 0.618. The smallest absolute Gasteiger partial charge is 0.163 e. The van der Waals surface area contributed by atoms with Crippen molar-refractivity contribution in [2.75, 3.05) is 5.32 Å². The van der Waals surface area contributed by atoms with Crippen LogP contribution in [0.15, 0.2) is 85.5 Å². The lowest BCUT2D eigenvalue weighted by Crippen LogP contribution is -1.99. The van der Waals surface area contributed by atoms with Crippen LogP contribution >= 0.6 is 0 Å². The minimum Gasteiger partial charge on any atom is -0.340 e. The lowest BCUT2D eigenvalue weighted by atomic mass is 10.2. The third kappa shape index (κ3) is 3.50. The zero-order valence-corrected chi connectivity index (χ0v) is 13.4. The Morgan fingerprint density at radius 3 is 2.08 bits per heavy atom. The number of hydrogen-bond acceptors (Lipinski definition) is 5. The number of hydrogen-bond donors (Lipinski definition) is 1. The van der Waals surface area contributed by atoms with E-state index in [0.717, 1.165) is 28.3 Å². The van der Waals surface area contributed by atoms with Crippen LogP contribution in [0.3, 0.4) is 0 Å². The van der Waals surface area contributed by atoms with Crippen molar-refractivity contribution in [1.82, 2.24) is 19.9 Å². The summed E-state index contributed by atoms with van der Waals surface area (Å²) in [5.74, 6) is 1.34. The van der Waals surface area contributed by atoms with Crippen molar-refractivity contribution in [2.24, 2.45) is 0 Å². The number of aromatic nitrogens is 4. The molecule has 4 rings (SSSR count). The molecule has 0 atom stereocenters. The molecule has 0 saturated carbocycles. The Bertz CT molecular complexity index is 899. The molecular weight excluding hydrogens is 310 g/mol. The van der Waals surface area contributed by atoms with Crippen LogP contribution in [0.4, 0.5) is 11.5 Å². The summed E-state index contributed by atoms with van der Waals surface area (Å²) in [5, 5.41) is 3.33. The number of benzene rings is 1. The van der Waals surface area contributed by atoms with Crippen LogP contribution in [0.2, 0.25) is 0 Å². The summed E-state index contributed by atoms with van der Waals surface area (Å²) in [6.45, 7) is 0. The van der Waals surface area contributed by atoms with Crippen molar-refractivity contribution >= 4 is 11.5 Å². The summed E-state index contributed by atoms with van der Waals surface area (Å²) >= 11 is 0. The molecule has 25 heavy (non-hydrogen) atoms. The first-order valence-corrected chi connectivity index (χ1v) is 7.90. The molecule has 0 aliphatic heterocycles. The normalized spacial score (nSPS) is 10.4. The van der Waals surface area contributed by atoms with E-state index in [4.69, 9.17) is 0 Å². The fraction of sp³-hybridized carbons (Fsp3) is 0. The van der Waals surface area contributed by atoms with Crippen molar-refractivity contribution in [3.05, 3.63) is 85.5 Å². The molecule has 5 nitrogen and oxygen atoms in total. The first kappa shape index (κ1) is 15.0. The molecule has 1 N–H and O–H groups in total. The average Bonchev–Trinajstić information content (AvgIpc) is 2.70. The van der Waals surface area contributed by atoms with Gasteiger partial charge in [-0.15, -0.1) is 0 Å². The van der Waals surface area contributed by atoms with Gasteiger partial charge in [0.2, 0.25) is 0 Å². The van der Waals surface area contributed by atoms with Gasteiger partial charge < -0.3 is 5.32 Å². The Balaban J connectivity index is 1.80. The summed E-state index contributed by atoms with van der Waals surface area (Å²) in [6, 6.07) is 19.5. The second-order valence-electron chi connectivity index (χ2n) is 5.44. The van der Waals surface area contributed by atoms with Gasteiger partial charge in [0.05, 0.1) is 5.69 Å². The van der Waals surface area contributed by atoms with Gasteiger partial charge in [-0.25, -0.2) is 9.97 Å². The predicted octanol–water partition coefficient (Wildman–Crippen LogP) is 4.34. The van der Waals surface area contributed by atoms with Gasteiger partial charge in [-0.1, -0.05) is 18.2 Å². The Labute approximate surface area is 145 Å². The van der Waals surface area contributed by atoms with Gasteiger partial charge in [0.1, 0.15) is 5.82 Å². The Hall–Kier alpha value is -3.60. The quantitative estimate of drug-likeness (QED) is 0.604. The summed E-state index contributed by atoms with van der Waals surface area (Å²) < 4.78 is 0. The highest BCUT2D eigenvalue weighted by molar-refractivity contribution is 5.69. The number of rotatable bonds is 4. The Kier molecular flexibility index (Phi) is 4.12. The summed E-state index contributed by atoms with van der Waals surface area (Å²) in [6.07, 6.45) is 7.03. The van der Waals surface area contributed by atoms with E-state index >= 15 is 0 Å². The van der Waals surface area contributed by atoms with Crippen molar-refractivity contribution in [3.8, 4) is 22.6 Å². The maximum atomic E-state index is 4.68. The van der Waals surface area contributed by atoms with Crippen LogP contribution < -0.4 is 5.32 Å². The average molecular weight is 325 g/mol. The molecule has 0 radical (unpaired) electrons. The summed E-state index contributed by atoms with van der Waals surface area (Å²) in [4.78, 5) is 17.7. The van der Waals surface area contributed by atoms with E-state index in [1.165, 1.54) is 0 Å². The van der Waals surface area contributed by atoms with Crippen LogP contribution in [0, 0.1) is 0 Å². The van der Waals surface area contributed by atoms with Crippen LogP contribution in [-0.2, 0) is 0 Å². The fourth-order valence-corrected chi connectivity index (χ4v) is 2.47. The van der Waals surface area contributed by atoms with E-state index in [1.807, 2.05) is 60.7 Å². The van der Waals surface area contributed by atoms with Gasteiger partial charge in [0, 0.05) is 47.7 Å². The van der Waals surface area contributed by atoms with Gasteiger partial charge in [-0.05, 0) is 36.4 Å². The highest BCUT2D eigenvalue weighted by atomic mass is 15.0. The van der Waals surface area contributed by atoms with Crippen LogP contribution in [-0.4, -0.2) is 19.9 Å². The van der Waals surface area contributed by atoms with Crippen molar-refractivity contribution < 1.29 is 0 Å². The SMILES string of the molecule is c1ccc(Nc2cc(-c3cccnc3)nc(-c3cccnc3)n2)cc1. The van der Waals surface area contributed by atoms with Crippen LogP contribution in [0.25, 0.3) is 22.6 Å². The molecule has 1 aromatic carbocycles. The van der Waals surface area contributed by atoms with E-state index in [1.54, 1.807) is 24.8 Å². The second kappa shape index (κ2) is 6.88. The van der Waals surface area contributed by atoms with E-state index in [2.05, 4.69) is 25.3 Å². The highest BCUT2D eigenvalue weighted by Crippen LogP contribution is 2.25. The van der Waals surface area contributed by atoms with Gasteiger partial charge >= 0.3 is 0 Å². The number of para-hydroxylation sites is 1. The molecule has 4 aromatic rings. The van der Waals surface area contributed by atoms with Gasteiger partial charge in [0.25, 0.3) is 0 Å². The Morgan fingerprint density at radius 2 is 1.40 bits per heavy atom. The Morgan fingerprint density at radius 1 is 0.680 bits per heavy atom. The van der Waals surface area contributed by atoms with E-state index in [9.17, 15) is 0 Å². The molecule has 0 amide bonds. The first-order valence-electron chi connectivity index (χ1n) is 7.90. The zero-order valence-electron chi connectivity index (χ0n) is 13.4. The standard InChI is InChI=1S/C20H15N5/c1-2-8-17(9-3-1)23-19-12-18(15-6-4-10-21-13-15)24-20(25-19)16-7-5-11-22-14-16/h1-14H,(H,23,24,25). The lowest BCUT2D eigenvalue weighted by Gasteiger charge is -2.10. The molecule has 120 valence electrons. The molecule has 0 unspecified atom stereocenters. The van der Waals surface area contributed by atoms with Crippen molar-refractivity contribution in [1.29, 1.82) is 0 Å². The maximum Gasteiger partial charge on any atom is 0.163 e. The predicted molar refractivity (Wildman–Crippen MR) is 98.2 cm³/mol. The summed E-state index contributed by atoms with van der Waals surface area (Å²) in [5.41, 5.74) is 3.58. The van der Waals surface area contributed by atoms with E-state index in [0.29, 0.717) is 5.82 Å². The highest BCUT2D eigenvalue weighted by Gasteiger charge is 2.09. The van der Waals surface area contributed by atoms with Crippen molar-refractivity contribution in [3.63, 3.8) is 0 Å².